The Morgan fingerprint density at radius 1 is 1.40 bits per heavy atom. The number of hydrogen-bond donors (Lipinski definition) is 2. The minimum Gasteiger partial charge on any atom is -0.270 e. The fourth-order valence-electron chi connectivity index (χ4n) is 1.09. The second-order valence-corrected chi connectivity index (χ2v) is 5.44. The number of anilines is 1. The van der Waals surface area contributed by atoms with Crippen LogP contribution in [0.1, 0.15) is 12.5 Å². The van der Waals surface area contributed by atoms with Crippen molar-refractivity contribution in [3.8, 4) is 0 Å². The first-order chi connectivity index (χ1) is 6.94. The molecule has 1 rings (SSSR count). The van der Waals surface area contributed by atoms with Crippen molar-refractivity contribution in [2.75, 3.05) is 11.3 Å². The average molecular weight is 293 g/mol. The summed E-state index contributed by atoms with van der Waals surface area (Å²) in [5.41, 5.74) is 1.53. The van der Waals surface area contributed by atoms with Crippen molar-refractivity contribution in [2.24, 2.45) is 0 Å². The highest BCUT2D eigenvalue weighted by Gasteiger charge is 2.09. The Kier molecular flexibility index (Phi) is 4.12. The Morgan fingerprint density at radius 2 is 2.07 bits per heavy atom. The lowest BCUT2D eigenvalue weighted by Gasteiger charge is -2.10. The van der Waals surface area contributed by atoms with Crippen LogP contribution in [0, 0.1) is 6.92 Å². The van der Waals surface area contributed by atoms with Crippen LogP contribution >= 0.6 is 15.9 Å². The van der Waals surface area contributed by atoms with E-state index >= 15 is 0 Å². The number of nitrogens with one attached hydrogen (secondary N) is 2. The van der Waals surface area contributed by atoms with Crippen LogP contribution in [-0.2, 0) is 10.2 Å². The van der Waals surface area contributed by atoms with Crippen molar-refractivity contribution in [3.63, 3.8) is 0 Å². The van der Waals surface area contributed by atoms with Crippen molar-refractivity contribution < 1.29 is 8.42 Å². The van der Waals surface area contributed by atoms with E-state index in [-0.39, 0.29) is 0 Å². The van der Waals surface area contributed by atoms with E-state index in [1.807, 2.05) is 13.0 Å². The van der Waals surface area contributed by atoms with Crippen LogP contribution in [0.2, 0.25) is 0 Å². The molecule has 84 valence electrons. The molecule has 0 aliphatic heterocycles. The molecule has 0 amide bonds. The van der Waals surface area contributed by atoms with E-state index in [1.54, 1.807) is 19.1 Å². The molecule has 1 aromatic rings. The molecule has 0 saturated heterocycles. The van der Waals surface area contributed by atoms with Gasteiger partial charge in [0, 0.05) is 11.0 Å². The van der Waals surface area contributed by atoms with Crippen LogP contribution in [0.4, 0.5) is 5.69 Å². The molecular weight excluding hydrogens is 280 g/mol. The Hall–Kier alpha value is -0.590. The summed E-state index contributed by atoms with van der Waals surface area (Å²) in [6, 6.07) is 5.47. The minimum absolute atomic E-state index is 0.360. The highest BCUT2D eigenvalue weighted by atomic mass is 79.9. The molecule has 0 fully saturated rings. The second-order valence-electron chi connectivity index (χ2n) is 3.09. The molecule has 0 heterocycles. The van der Waals surface area contributed by atoms with Crippen LogP contribution in [0.5, 0.6) is 0 Å². The van der Waals surface area contributed by atoms with Crippen LogP contribution in [0.15, 0.2) is 22.7 Å². The molecule has 0 aliphatic carbocycles. The van der Waals surface area contributed by atoms with Gasteiger partial charge in [0.2, 0.25) is 0 Å². The van der Waals surface area contributed by atoms with Gasteiger partial charge in [0.25, 0.3) is 10.2 Å². The quantitative estimate of drug-likeness (QED) is 0.892. The minimum atomic E-state index is -3.45. The molecule has 1 aromatic carbocycles. The highest BCUT2D eigenvalue weighted by Crippen LogP contribution is 2.23. The van der Waals surface area contributed by atoms with Gasteiger partial charge in [-0.1, -0.05) is 13.0 Å². The predicted octanol–water partition coefficient (Wildman–Crippen LogP) is 2.02. The Morgan fingerprint density at radius 3 is 2.67 bits per heavy atom. The molecule has 15 heavy (non-hydrogen) atoms. The summed E-state index contributed by atoms with van der Waals surface area (Å²) < 4.78 is 28.4. The third-order valence-corrected chi connectivity index (χ3v) is 3.55. The highest BCUT2D eigenvalue weighted by molar-refractivity contribution is 9.10. The SMILES string of the molecule is CCNS(=O)(=O)Nc1cc(C)ccc1Br. The second kappa shape index (κ2) is 4.96. The molecular formula is C9H13BrN2O2S. The monoisotopic (exact) mass is 292 g/mol. The molecule has 0 aromatic heterocycles. The van der Waals surface area contributed by atoms with Gasteiger partial charge >= 0.3 is 0 Å². The molecule has 0 bridgehead atoms. The summed E-state index contributed by atoms with van der Waals surface area (Å²) in [6.07, 6.45) is 0. The summed E-state index contributed by atoms with van der Waals surface area (Å²) in [4.78, 5) is 0. The standard InChI is InChI=1S/C9H13BrN2O2S/c1-3-11-15(13,14)12-9-6-7(2)4-5-8(9)10/h4-6,11-12H,3H2,1-2H3. The van der Waals surface area contributed by atoms with Gasteiger partial charge in [0.05, 0.1) is 5.69 Å². The first kappa shape index (κ1) is 12.5. The lowest BCUT2D eigenvalue weighted by Crippen LogP contribution is -2.29. The van der Waals surface area contributed by atoms with Gasteiger partial charge in [-0.3, -0.25) is 4.72 Å². The molecule has 0 spiro atoms. The summed E-state index contributed by atoms with van der Waals surface area (Å²) in [5.74, 6) is 0. The molecule has 4 nitrogen and oxygen atoms in total. The van der Waals surface area contributed by atoms with Crippen molar-refractivity contribution in [2.45, 2.75) is 13.8 Å². The normalized spacial score (nSPS) is 11.4. The smallest absolute Gasteiger partial charge is 0.270 e. The van der Waals surface area contributed by atoms with Crippen molar-refractivity contribution in [1.29, 1.82) is 0 Å². The van der Waals surface area contributed by atoms with Crippen LogP contribution < -0.4 is 9.44 Å². The first-order valence-electron chi connectivity index (χ1n) is 4.48. The number of benzene rings is 1. The van der Waals surface area contributed by atoms with Gasteiger partial charge in [-0.2, -0.15) is 13.1 Å². The van der Waals surface area contributed by atoms with Crippen LogP contribution in [0.3, 0.4) is 0 Å². The maximum Gasteiger partial charge on any atom is 0.299 e. The molecule has 0 atom stereocenters. The van der Waals surface area contributed by atoms with Gasteiger partial charge in [-0.25, -0.2) is 0 Å². The summed E-state index contributed by atoms with van der Waals surface area (Å²) >= 11 is 3.28. The van der Waals surface area contributed by atoms with Crippen LogP contribution in [-0.4, -0.2) is 15.0 Å². The number of halogens is 1. The molecule has 0 aliphatic rings. The topological polar surface area (TPSA) is 58.2 Å². The van der Waals surface area contributed by atoms with Gasteiger partial charge in [-0.15, -0.1) is 0 Å². The van der Waals surface area contributed by atoms with Gasteiger partial charge < -0.3 is 0 Å². The zero-order valence-electron chi connectivity index (χ0n) is 8.54. The molecule has 0 radical (unpaired) electrons. The summed E-state index contributed by atoms with van der Waals surface area (Å²) in [6.45, 7) is 3.99. The van der Waals surface area contributed by atoms with E-state index in [0.29, 0.717) is 12.2 Å². The third kappa shape index (κ3) is 3.81. The van der Waals surface area contributed by atoms with Crippen molar-refractivity contribution in [3.05, 3.63) is 28.2 Å². The van der Waals surface area contributed by atoms with Gasteiger partial charge in [0.15, 0.2) is 0 Å². The van der Waals surface area contributed by atoms with Crippen LogP contribution in [0.25, 0.3) is 0 Å². The van der Waals surface area contributed by atoms with E-state index in [9.17, 15) is 8.42 Å². The lowest BCUT2D eigenvalue weighted by atomic mass is 10.2. The molecule has 6 heteroatoms. The number of rotatable bonds is 4. The van der Waals surface area contributed by atoms with Crippen molar-refractivity contribution in [1.82, 2.24) is 4.72 Å². The van der Waals surface area contributed by atoms with E-state index in [2.05, 4.69) is 25.4 Å². The van der Waals surface area contributed by atoms with E-state index in [1.165, 1.54) is 0 Å². The zero-order chi connectivity index (χ0) is 11.5. The Bertz CT molecular complexity index is 445. The molecule has 0 saturated carbocycles. The largest absolute Gasteiger partial charge is 0.299 e. The summed E-state index contributed by atoms with van der Waals surface area (Å²) in [5, 5.41) is 0. The summed E-state index contributed by atoms with van der Waals surface area (Å²) in [7, 11) is -3.45. The molecule has 0 unspecified atom stereocenters. The maximum atomic E-state index is 11.4. The zero-order valence-corrected chi connectivity index (χ0v) is 10.9. The number of hydrogen-bond acceptors (Lipinski definition) is 2. The van der Waals surface area contributed by atoms with Gasteiger partial charge in [0.1, 0.15) is 0 Å². The maximum absolute atomic E-state index is 11.4. The fourth-order valence-corrected chi connectivity index (χ4v) is 2.48. The van der Waals surface area contributed by atoms with E-state index < -0.39 is 10.2 Å². The van der Waals surface area contributed by atoms with E-state index in [0.717, 1.165) is 10.0 Å². The lowest BCUT2D eigenvalue weighted by molar-refractivity contribution is 0.589. The fraction of sp³-hybridized carbons (Fsp3) is 0.333. The predicted molar refractivity (Wildman–Crippen MR) is 65.1 cm³/mol. The van der Waals surface area contributed by atoms with Crippen molar-refractivity contribution >= 4 is 31.8 Å². The van der Waals surface area contributed by atoms with Gasteiger partial charge in [-0.05, 0) is 40.5 Å². The first-order valence-corrected chi connectivity index (χ1v) is 6.76. The Balaban J connectivity index is 2.94. The third-order valence-electron chi connectivity index (χ3n) is 1.70. The molecule has 2 N–H and O–H groups in total. The average Bonchev–Trinajstić information content (AvgIpc) is 2.10. The Labute approximate surface area is 98.4 Å². The number of aryl methyl sites for hydroxylation is 1. The van der Waals surface area contributed by atoms with E-state index in [4.69, 9.17) is 0 Å².